The molecule has 0 saturated heterocycles. The zero-order valence-corrected chi connectivity index (χ0v) is 11.1. The van der Waals surface area contributed by atoms with Crippen molar-refractivity contribution in [2.75, 3.05) is 12.8 Å². The Labute approximate surface area is 106 Å². The molecule has 0 aliphatic carbocycles. The lowest BCUT2D eigenvalue weighted by atomic mass is 10.1. The molecule has 2 aromatic rings. The number of fused-ring (bicyclic) bond motifs is 1. The van der Waals surface area contributed by atoms with E-state index in [0.29, 0.717) is 17.3 Å². The van der Waals surface area contributed by atoms with E-state index in [4.69, 9.17) is 10.5 Å². The zero-order valence-electron chi connectivity index (χ0n) is 11.1. The number of anilines is 1. The van der Waals surface area contributed by atoms with Crippen LogP contribution in [0, 0.1) is 0 Å². The van der Waals surface area contributed by atoms with Gasteiger partial charge in [-0.3, -0.25) is 4.57 Å². The summed E-state index contributed by atoms with van der Waals surface area (Å²) in [7, 11) is 1.57. The first-order valence-electron chi connectivity index (χ1n) is 6.21. The number of unbranched alkanes of at least 4 members (excludes halogenated alkanes) is 1. The topological polar surface area (TPSA) is 78.9 Å². The Morgan fingerprint density at radius 1 is 1.44 bits per heavy atom. The molecule has 0 aliphatic rings. The maximum absolute atomic E-state index is 5.98. The molecule has 6 heteroatoms. The van der Waals surface area contributed by atoms with E-state index in [1.54, 1.807) is 7.11 Å². The molecule has 2 N–H and O–H groups in total. The summed E-state index contributed by atoms with van der Waals surface area (Å²) in [6.45, 7) is 4.30. The van der Waals surface area contributed by atoms with Crippen LogP contribution in [0.25, 0.3) is 11.2 Å². The van der Waals surface area contributed by atoms with Gasteiger partial charge >= 0.3 is 0 Å². The van der Waals surface area contributed by atoms with Crippen LogP contribution < -0.4 is 10.5 Å². The van der Waals surface area contributed by atoms with Gasteiger partial charge in [0.25, 0.3) is 0 Å². The molecule has 0 fully saturated rings. The molecule has 1 unspecified atom stereocenters. The van der Waals surface area contributed by atoms with E-state index in [2.05, 4.69) is 28.8 Å². The molecule has 0 bridgehead atoms. The van der Waals surface area contributed by atoms with Gasteiger partial charge in [0.15, 0.2) is 11.2 Å². The average molecular weight is 249 g/mol. The van der Waals surface area contributed by atoms with Crippen molar-refractivity contribution in [3.05, 3.63) is 6.33 Å². The largest absolute Gasteiger partial charge is 0.479 e. The molecule has 0 radical (unpaired) electrons. The van der Waals surface area contributed by atoms with Crippen LogP contribution in [0.4, 0.5) is 5.95 Å². The molecule has 0 spiro atoms. The van der Waals surface area contributed by atoms with E-state index in [-0.39, 0.29) is 6.04 Å². The first-order valence-corrected chi connectivity index (χ1v) is 6.21. The van der Waals surface area contributed by atoms with E-state index >= 15 is 0 Å². The molecule has 0 aromatic carbocycles. The maximum Gasteiger partial charge on any atom is 0.245 e. The maximum atomic E-state index is 5.98. The predicted molar refractivity (Wildman–Crippen MR) is 70.5 cm³/mol. The summed E-state index contributed by atoms with van der Waals surface area (Å²) in [5, 5.41) is 0. The van der Waals surface area contributed by atoms with Crippen LogP contribution >= 0.6 is 0 Å². The molecule has 0 amide bonds. The molecular formula is C12H19N5O. The van der Waals surface area contributed by atoms with Crippen LogP contribution in [0.5, 0.6) is 5.88 Å². The lowest BCUT2D eigenvalue weighted by Gasteiger charge is -2.14. The van der Waals surface area contributed by atoms with Crippen molar-refractivity contribution in [2.24, 2.45) is 0 Å². The van der Waals surface area contributed by atoms with Gasteiger partial charge in [-0.25, -0.2) is 9.97 Å². The Morgan fingerprint density at radius 2 is 2.22 bits per heavy atom. The van der Waals surface area contributed by atoms with Crippen molar-refractivity contribution in [1.29, 1.82) is 0 Å². The predicted octanol–water partition coefficient (Wildman–Crippen LogP) is 2.17. The fourth-order valence-corrected chi connectivity index (χ4v) is 2.12. The quantitative estimate of drug-likeness (QED) is 0.878. The lowest BCUT2D eigenvalue weighted by molar-refractivity contribution is 0.401. The van der Waals surface area contributed by atoms with E-state index in [1.165, 1.54) is 6.33 Å². The first kappa shape index (κ1) is 12.6. The smallest absolute Gasteiger partial charge is 0.245 e. The third-order valence-corrected chi connectivity index (χ3v) is 3.08. The number of hydrogen-bond acceptors (Lipinski definition) is 5. The normalized spacial score (nSPS) is 12.8. The second-order valence-corrected chi connectivity index (χ2v) is 4.39. The number of hydrogen-bond donors (Lipinski definition) is 1. The number of nitrogens with two attached hydrogens (primary N) is 1. The molecule has 2 heterocycles. The van der Waals surface area contributed by atoms with Gasteiger partial charge in [-0.1, -0.05) is 19.8 Å². The van der Waals surface area contributed by atoms with Crippen LogP contribution in [0.2, 0.25) is 0 Å². The monoisotopic (exact) mass is 249 g/mol. The molecule has 0 saturated carbocycles. The molecule has 1 atom stereocenters. The highest BCUT2D eigenvalue weighted by Gasteiger charge is 2.18. The van der Waals surface area contributed by atoms with Crippen LogP contribution in [-0.4, -0.2) is 26.6 Å². The van der Waals surface area contributed by atoms with Gasteiger partial charge in [-0.15, -0.1) is 0 Å². The zero-order chi connectivity index (χ0) is 13.1. The van der Waals surface area contributed by atoms with E-state index in [9.17, 15) is 0 Å². The second-order valence-electron chi connectivity index (χ2n) is 4.39. The molecule has 98 valence electrons. The van der Waals surface area contributed by atoms with Crippen molar-refractivity contribution >= 4 is 17.1 Å². The minimum atomic E-state index is 0.273. The van der Waals surface area contributed by atoms with Gasteiger partial charge in [-0.2, -0.15) is 4.98 Å². The summed E-state index contributed by atoms with van der Waals surface area (Å²) in [5.41, 5.74) is 7.34. The molecule has 0 aliphatic heterocycles. The highest BCUT2D eigenvalue weighted by atomic mass is 16.5. The van der Waals surface area contributed by atoms with Crippen molar-refractivity contribution < 1.29 is 4.74 Å². The summed E-state index contributed by atoms with van der Waals surface area (Å²) in [4.78, 5) is 12.6. The van der Waals surface area contributed by atoms with Crippen molar-refractivity contribution in [1.82, 2.24) is 19.5 Å². The van der Waals surface area contributed by atoms with E-state index in [1.807, 2.05) is 4.57 Å². The first-order chi connectivity index (χ1) is 8.69. The third kappa shape index (κ3) is 2.10. The summed E-state index contributed by atoms with van der Waals surface area (Å²) >= 11 is 0. The lowest BCUT2D eigenvalue weighted by Crippen LogP contribution is -2.09. The highest BCUT2D eigenvalue weighted by Crippen LogP contribution is 2.27. The Morgan fingerprint density at radius 3 is 2.89 bits per heavy atom. The average Bonchev–Trinajstić information content (AvgIpc) is 2.71. The number of ether oxygens (including phenoxy) is 1. The van der Waals surface area contributed by atoms with Gasteiger partial charge in [0.05, 0.1) is 7.11 Å². The number of rotatable bonds is 5. The number of imidazole rings is 1. The van der Waals surface area contributed by atoms with E-state index < -0.39 is 0 Å². The number of nitrogens with zero attached hydrogens (tertiary/aromatic N) is 4. The summed E-state index contributed by atoms with van der Waals surface area (Å²) in [6, 6.07) is 0.273. The molecule has 6 nitrogen and oxygen atoms in total. The molecule has 18 heavy (non-hydrogen) atoms. The number of nitrogen functional groups attached to an aromatic ring is 1. The van der Waals surface area contributed by atoms with Gasteiger partial charge in [0, 0.05) is 6.04 Å². The van der Waals surface area contributed by atoms with Crippen LogP contribution in [0.15, 0.2) is 6.33 Å². The van der Waals surface area contributed by atoms with Crippen molar-refractivity contribution in [3.63, 3.8) is 0 Å². The third-order valence-electron chi connectivity index (χ3n) is 3.08. The van der Waals surface area contributed by atoms with Gasteiger partial charge < -0.3 is 10.5 Å². The second kappa shape index (κ2) is 5.20. The molecule has 2 aromatic heterocycles. The minimum absolute atomic E-state index is 0.273. The SMILES string of the molecule is CCCCC(C)n1c(N)nc2c(OC)ncnc21. The summed E-state index contributed by atoms with van der Waals surface area (Å²) < 4.78 is 7.13. The van der Waals surface area contributed by atoms with Crippen molar-refractivity contribution in [3.8, 4) is 5.88 Å². The number of methoxy groups -OCH3 is 1. The van der Waals surface area contributed by atoms with Gasteiger partial charge in [-0.05, 0) is 13.3 Å². The Kier molecular flexibility index (Phi) is 3.64. The minimum Gasteiger partial charge on any atom is -0.479 e. The summed E-state index contributed by atoms with van der Waals surface area (Å²) in [5.74, 6) is 0.931. The Bertz CT molecular complexity index is 536. The standard InChI is InChI=1S/C12H19N5O/c1-4-5-6-8(2)17-10-9(16-12(17)13)11(18-3)15-7-14-10/h7-8H,4-6H2,1-3H3,(H2,13,16). The Balaban J connectivity index is 2.47. The highest BCUT2D eigenvalue weighted by molar-refractivity contribution is 5.79. The Hall–Kier alpha value is -1.85. The van der Waals surface area contributed by atoms with Crippen LogP contribution in [0.1, 0.15) is 39.2 Å². The fraction of sp³-hybridized carbons (Fsp3) is 0.583. The van der Waals surface area contributed by atoms with Crippen LogP contribution in [0.3, 0.4) is 0 Å². The van der Waals surface area contributed by atoms with E-state index in [0.717, 1.165) is 24.9 Å². The summed E-state index contributed by atoms with van der Waals surface area (Å²) in [6.07, 6.45) is 4.85. The van der Waals surface area contributed by atoms with Crippen LogP contribution in [-0.2, 0) is 0 Å². The van der Waals surface area contributed by atoms with Gasteiger partial charge in [0.2, 0.25) is 11.8 Å². The fourth-order valence-electron chi connectivity index (χ4n) is 2.12. The molecule has 2 rings (SSSR count). The molecular weight excluding hydrogens is 230 g/mol. The van der Waals surface area contributed by atoms with Crippen molar-refractivity contribution in [2.45, 2.75) is 39.2 Å². The van der Waals surface area contributed by atoms with Gasteiger partial charge in [0.1, 0.15) is 6.33 Å². The number of aromatic nitrogens is 4.